The predicted octanol–water partition coefficient (Wildman–Crippen LogP) is 1.37. The van der Waals surface area contributed by atoms with Gasteiger partial charge in [-0.1, -0.05) is 12.2 Å². The van der Waals surface area contributed by atoms with E-state index in [1.54, 1.807) is 0 Å². The van der Waals surface area contributed by atoms with E-state index < -0.39 is 0 Å². The second-order valence-corrected chi connectivity index (χ2v) is 3.84. The Morgan fingerprint density at radius 3 is 2.92 bits per heavy atom. The van der Waals surface area contributed by atoms with Gasteiger partial charge in [0.25, 0.3) is 0 Å². The number of likely N-dealkylation sites (N-methyl/N-ethyl adjacent to an activating group) is 1. The lowest BCUT2D eigenvalue weighted by Crippen LogP contribution is -2.39. The molecule has 1 rings (SSSR count). The van der Waals surface area contributed by atoms with Crippen molar-refractivity contribution in [2.75, 3.05) is 13.6 Å². The van der Waals surface area contributed by atoms with Crippen LogP contribution in [-0.2, 0) is 0 Å². The summed E-state index contributed by atoms with van der Waals surface area (Å²) in [5.74, 6) is 0. The molecule has 0 aromatic heterocycles. The summed E-state index contributed by atoms with van der Waals surface area (Å²) in [6.07, 6.45) is 8.46. The minimum absolute atomic E-state index is 0.283. The third-order valence-electron chi connectivity index (χ3n) is 2.37. The van der Waals surface area contributed by atoms with Crippen LogP contribution in [0.3, 0.4) is 0 Å². The van der Waals surface area contributed by atoms with E-state index >= 15 is 0 Å². The van der Waals surface area contributed by atoms with E-state index in [0.29, 0.717) is 6.04 Å². The van der Waals surface area contributed by atoms with Crippen LogP contribution >= 0.6 is 0 Å². The van der Waals surface area contributed by atoms with Crippen molar-refractivity contribution in [3.8, 4) is 0 Å². The third kappa shape index (κ3) is 2.95. The van der Waals surface area contributed by atoms with E-state index in [2.05, 4.69) is 31.0 Å². The first-order valence-electron chi connectivity index (χ1n) is 4.82. The normalized spacial score (nSPS) is 26.2. The number of rotatable bonds is 3. The van der Waals surface area contributed by atoms with Gasteiger partial charge in [-0.15, -0.1) is 0 Å². The molecule has 0 bridgehead atoms. The number of allylic oxidation sites excluding steroid dienone is 1. The molecule has 2 unspecified atom stereocenters. The number of hydrogen-bond donors (Lipinski definition) is 1. The summed E-state index contributed by atoms with van der Waals surface area (Å²) in [5, 5.41) is 0. The van der Waals surface area contributed by atoms with Crippen molar-refractivity contribution in [3.05, 3.63) is 12.2 Å². The van der Waals surface area contributed by atoms with E-state index in [1.807, 2.05) is 0 Å². The molecule has 12 heavy (non-hydrogen) atoms. The average Bonchev–Trinajstić information content (AvgIpc) is 2.05. The standard InChI is InChI=1S/C10H20N2/c1-9(11)8-12(2)10-6-4-3-5-7-10/h4,6,9-10H,3,5,7-8,11H2,1-2H3. The lowest BCUT2D eigenvalue weighted by atomic mass is 10.0. The lowest BCUT2D eigenvalue weighted by Gasteiger charge is -2.28. The second kappa shape index (κ2) is 4.63. The first-order valence-corrected chi connectivity index (χ1v) is 4.82. The van der Waals surface area contributed by atoms with Crippen LogP contribution in [0.4, 0.5) is 0 Å². The second-order valence-electron chi connectivity index (χ2n) is 3.84. The summed E-state index contributed by atoms with van der Waals surface area (Å²) < 4.78 is 0. The Morgan fingerprint density at radius 2 is 2.42 bits per heavy atom. The molecule has 0 aliphatic heterocycles. The van der Waals surface area contributed by atoms with E-state index in [0.717, 1.165) is 6.54 Å². The quantitative estimate of drug-likeness (QED) is 0.645. The van der Waals surface area contributed by atoms with Gasteiger partial charge in [-0.2, -0.15) is 0 Å². The van der Waals surface area contributed by atoms with Gasteiger partial charge in [-0.25, -0.2) is 0 Å². The minimum atomic E-state index is 0.283. The van der Waals surface area contributed by atoms with Crippen molar-refractivity contribution in [2.24, 2.45) is 5.73 Å². The highest BCUT2D eigenvalue weighted by molar-refractivity contribution is 4.98. The molecule has 0 spiro atoms. The first-order chi connectivity index (χ1) is 5.70. The van der Waals surface area contributed by atoms with Crippen molar-refractivity contribution in [3.63, 3.8) is 0 Å². The first kappa shape index (κ1) is 9.75. The zero-order chi connectivity index (χ0) is 8.97. The molecule has 0 heterocycles. The molecule has 2 N–H and O–H groups in total. The fourth-order valence-electron chi connectivity index (χ4n) is 1.75. The smallest absolute Gasteiger partial charge is 0.0275 e. The van der Waals surface area contributed by atoms with Crippen LogP contribution in [0.15, 0.2) is 12.2 Å². The minimum Gasteiger partial charge on any atom is -0.327 e. The van der Waals surface area contributed by atoms with E-state index in [1.165, 1.54) is 19.3 Å². The predicted molar refractivity (Wildman–Crippen MR) is 53.1 cm³/mol. The maximum Gasteiger partial charge on any atom is 0.0275 e. The van der Waals surface area contributed by atoms with Crippen LogP contribution in [0.2, 0.25) is 0 Å². The van der Waals surface area contributed by atoms with E-state index in [9.17, 15) is 0 Å². The number of nitrogens with zero attached hydrogens (tertiary/aromatic N) is 1. The molecule has 0 aromatic rings. The van der Waals surface area contributed by atoms with Crippen molar-refractivity contribution in [1.82, 2.24) is 4.90 Å². The summed E-state index contributed by atoms with van der Waals surface area (Å²) in [6, 6.07) is 0.912. The molecule has 0 radical (unpaired) electrons. The van der Waals surface area contributed by atoms with Crippen molar-refractivity contribution in [1.29, 1.82) is 0 Å². The van der Waals surface area contributed by atoms with Gasteiger partial charge < -0.3 is 5.73 Å². The van der Waals surface area contributed by atoms with Gasteiger partial charge in [0.2, 0.25) is 0 Å². The van der Waals surface area contributed by atoms with Crippen LogP contribution in [0.5, 0.6) is 0 Å². The monoisotopic (exact) mass is 168 g/mol. The van der Waals surface area contributed by atoms with Gasteiger partial charge in [0.15, 0.2) is 0 Å². The van der Waals surface area contributed by atoms with Gasteiger partial charge in [0.1, 0.15) is 0 Å². The molecule has 0 fully saturated rings. The Balaban J connectivity index is 2.34. The molecule has 0 aromatic carbocycles. The highest BCUT2D eigenvalue weighted by atomic mass is 15.1. The highest BCUT2D eigenvalue weighted by Crippen LogP contribution is 2.14. The molecule has 1 aliphatic rings. The van der Waals surface area contributed by atoms with E-state index in [4.69, 9.17) is 5.73 Å². The summed E-state index contributed by atoms with van der Waals surface area (Å²) in [6.45, 7) is 3.05. The Labute approximate surface area is 75.4 Å². The largest absolute Gasteiger partial charge is 0.327 e. The Hall–Kier alpha value is -0.340. The number of nitrogens with two attached hydrogens (primary N) is 1. The zero-order valence-electron chi connectivity index (χ0n) is 8.16. The lowest BCUT2D eigenvalue weighted by molar-refractivity contribution is 0.250. The molecule has 2 nitrogen and oxygen atoms in total. The maximum absolute atomic E-state index is 5.73. The summed E-state index contributed by atoms with van der Waals surface area (Å²) in [7, 11) is 2.16. The van der Waals surface area contributed by atoms with Crippen LogP contribution in [0, 0.1) is 0 Å². The highest BCUT2D eigenvalue weighted by Gasteiger charge is 2.14. The molecule has 0 saturated heterocycles. The molecule has 0 saturated carbocycles. The van der Waals surface area contributed by atoms with Crippen LogP contribution in [-0.4, -0.2) is 30.6 Å². The molecule has 0 amide bonds. The SMILES string of the molecule is CC(N)CN(C)C1C=CCCC1. The molecular formula is C10H20N2. The fraction of sp³-hybridized carbons (Fsp3) is 0.800. The zero-order valence-corrected chi connectivity index (χ0v) is 8.16. The maximum atomic E-state index is 5.73. The van der Waals surface area contributed by atoms with Gasteiger partial charge in [0.05, 0.1) is 0 Å². The number of hydrogen-bond acceptors (Lipinski definition) is 2. The van der Waals surface area contributed by atoms with Crippen LogP contribution in [0.1, 0.15) is 26.2 Å². The van der Waals surface area contributed by atoms with Crippen molar-refractivity contribution < 1.29 is 0 Å². The summed E-state index contributed by atoms with van der Waals surface area (Å²) in [4.78, 5) is 2.35. The van der Waals surface area contributed by atoms with Crippen molar-refractivity contribution in [2.45, 2.75) is 38.3 Å². The molecule has 1 aliphatic carbocycles. The molecular weight excluding hydrogens is 148 g/mol. The van der Waals surface area contributed by atoms with Gasteiger partial charge >= 0.3 is 0 Å². The third-order valence-corrected chi connectivity index (χ3v) is 2.37. The van der Waals surface area contributed by atoms with Crippen LogP contribution < -0.4 is 5.73 Å². The Bertz CT molecular complexity index is 152. The van der Waals surface area contributed by atoms with Crippen molar-refractivity contribution >= 4 is 0 Å². The van der Waals surface area contributed by atoms with Gasteiger partial charge in [-0.05, 0) is 33.2 Å². The Morgan fingerprint density at radius 1 is 1.67 bits per heavy atom. The topological polar surface area (TPSA) is 29.3 Å². The van der Waals surface area contributed by atoms with E-state index in [-0.39, 0.29) is 6.04 Å². The van der Waals surface area contributed by atoms with Gasteiger partial charge in [0, 0.05) is 18.6 Å². The Kier molecular flexibility index (Phi) is 3.76. The molecule has 2 atom stereocenters. The van der Waals surface area contributed by atoms with Gasteiger partial charge in [-0.3, -0.25) is 4.90 Å². The summed E-state index contributed by atoms with van der Waals surface area (Å²) in [5.41, 5.74) is 5.73. The molecule has 2 heteroatoms. The molecule has 70 valence electrons. The fourth-order valence-corrected chi connectivity index (χ4v) is 1.75. The summed E-state index contributed by atoms with van der Waals surface area (Å²) >= 11 is 0. The van der Waals surface area contributed by atoms with Crippen LogP contribution in [0.25, 0.3) is 0 Å². The average molecular weight is 168 g/mol.